The van der Waals surface area contributed by atoms with Gasteiger partial charge < -0.3 is 10.0 Å². The molecule has 0 saturated carbocycles. The van der Waals surface area contributed by atoms with Crippen LogP contribution in [0.15, 0.2) is 48.5 Å². The van der Waals surface area contributed by atoms with Gasteiger partial charge in [0.1, 0.15) is 11.6 Å². The predicted molar refractivity (Wildman–Crippen MR) is 90.9 cm³/mol. The number of nitrogens with zero attached hydrogens (tertiary/aromatic N) is 1. The van der Waals surface area contributed by atoms with Gasteiger partial charge >= 0.3 is 0 Å². The summed E-state index contributed by atoms with van der Waals surface area (Å²) < 4.78 is 26.8. The number of aliphatic hydroxyl groups excluding tert-OH is 1. The lowest BCUT2D eigenvalue weighted by atomic mass is 9.62. The minimum absolute atomic E-state index is 0.0258. The first kappa shape index (κ1) is 17.1. The Morgan fingerprint density at radius 1 is 1.00 bits per heavy atom. The van der Waals surface area contributed by atoms with E-state index in [9.17, 15) is 13.9 Å². The Kier molecular flexibility index (Phi) is 4.97. The summed E-state index contributed by atoms with van der Waals surface area (Å²) in [5.41, 5.74) is 1.53. The molecule has 0 aromatic heterocycles. The van der Waals surface area contributed by atoms with Crippen molar-refractivity contribution in [1.29, 1.82) is 0 Å². The topological polar surface area (TPSA) is 23.5 Å². The van der Waals surface area contributed by atoms with Gasteiger partial charge in [-0.25, -0.2) is 8.78 Å². The summed E-state index contributed by atoms with van der Waals surface area (Å²) in [6.07, 6.45) is 0.809. The van der Waals surface area contributed by atoms with E-state index in [-0.39, 0.29) is 24.2 Å². The van der Waals surface area contributed by atoms with Crippen molar-refractivity contribution in [2.24, 2.45) is 5.92 Å². The van der Waals surface area contributed by atoms with E-state index in [1.807, 2.05) is 0 Å². The first-order valence-electron chi connectivity index (χ1n) is 8.45. The zero-order valence-corrected chi connectivity index (χ0v) is 13.9. The number of benzene rings is 2. The van der Waals surface area contributed by atoms with E-state index in [0.717, 1.165) is 37.2 Å². The van der Waals surface area contributed by atoms with Gasteiger partial charge in [0.15, 0.2) is 0 Å². The molecule has 2 aromatic rings. The third kappa shape index (κ3) is 2.96. The summed E-state index contributed by atoms with van der Waals surface area (Å²) in [4.78, 5) is 2.31. The van der Waals surface area contributed by atoms with Crippen LogP contribution in [0.2, 0.25) is 0 Å². The van der Waals surface area contributed by atoms with Crippen LogP contribution in [0.5, 0.6) is 0 Å². The lowest BCUT2D eigenvalue weighted by molar-refractivity contribution is 0.0701. The van der Waals surface area contributed by atoms with Gasteiger partial charge in [0.05, 0.1) is 0 Å². The lowest BCUT2D eigenvalue weighted by Crippen LogP contribution is -2.52. The summed E-state index contributed by atoms with van der Waals surface area (Å²) in [6, 6.07) is 13.0. The molecule has 1 saturated heterocycles. The van der Waals surface area contributed by atoms with Crippen LogP contribution in [-0.4, -0.2) is 36.2 Å². The molecule has 1 aliphatic rings. The van der Waals surface area contributed by atoms with Gasteiger partial charge in [0, 0.05) is 24.5 Å². The second-order valence-corrected chi connectivity index (χ2v) is 6.51. The Balaban J connectivity index is 2.13. The molecule has 0 spiro atoms. The summed E-state index contributed by atoms with van der Waals surface area (Å²) in [6.45, 7) is 4.73. The molecule has 1 aliphatic heterocycles. The largest absolute Gasteiger partial charge is 0.396 e. The molecule has 128 valence electrons. The molecule has 1 unspecified atom stereocenters. The van der Waals surface area contributed by atoms with E-state index >= 15 is 0 Å². The average molecular weight is 331 g/mol. The first-order chi connectivity index (χ1) is 11.6. The van der Waals surface area contributed by atoms with Crippen LogP contribution in [0.3, 0.4) is 0 Å². The molecule has 1 atom stereocenters. The molecule has 1 heterocycles. The second-order valence-electron chi connectivity index (χ2n) is 6.51. The third-order valence-corrected chi connectivity index (χ3v) is 5.38. The van der Waals surface area contributed by atoms with E-state index < -0.39 is 5.41 Å². The lowest BCUT2D eigenvalue weighted by Gasteiger charge is -2.48. The van der Waals surface area contributed by atoms with E-state index in [1.54, 1.807) is 24.3 Å². The van der Waals surface area contributed by atoms with Gasteiger partial charge in [-0.1, -0.05) is 31.2 Å². The molecule has 2 nitrogen and oxygen atoms in total. The predicted octanol–water partition coefficient (Wildman–Crippen LogP) is 3.59. The Hall–Kier alpha value is -1.78. The maximum atomic E-state index is 13.4. The molecule has 1 N–H and O–H groups in total. The monoisotopic (exact) mass is 331 g/mol. The third-order valence-electron chi connectivity index (χ3n) is 5.38. The molecule has 0 amide bonds. The van der Waals surface area contributed by atoms with Crippen molar-refractivity contribution >= 4 is 0 Å². The highest BCUT2D eigenvalue weighted by molar-refractivity contribution is 5.41. The van der Waals surface area contributed by atoms with Crippen LogP contribution in [0, 0.1) is 17.6 Å². The Bertz CT molecular complexity index is 624. The molecule has 3 rings (SSSR count). The van der Waals surface area contributed by atoms with E-state index in [0.29, 0.717) is 0 Å². The van der Waals surface area contributed by atoms with Crippen LogP contribution < -0.4 is 0 Å². The van der Waals surface area contributed by atoms with Crippen molar-refractivity contribution in [2.45, 2.75) is 18.8 Å². The van der Waals surface area contributed by atoms with Gasteiger partial charge in [-0.15, -0.1) is 0 Å². The van der Waals surface area contributed by atoms with E-state index in [2.05, 4.69) is 11.8 Å². The minimum Gasteiger partial charge on any atom is -0.396 e. The number of rotatable bonds is 4. The van der Waals surface area contributed by atoms with Gasteiger partial charge in [0.25, 0.3) is 0 Å². The molecule has 0 aliphatic carbocycles. The number of hydrogen-bond acceptors (Lipinski definition) is 2. The maximum absolute atomic E-state index is 13.4. The van der Waals surface area contributed by atoms with Gasteiger partial charge in [0.2, 0.25) is 0 Å². The van der Waals surface area contributed by atoms with Crippen molar-refractivity contribution in [1.82, 2.24) is 4.90 Å². The van der Waals surface area contributed by atoms with Crippen LogP contribution in [0.4, 0.5) is 8.78 Å². The van der Waals surface area contributed by atoms with Crippen LogP contribution in [0.1, 0.15) is 24.5 Å². The van der Waals surface area contributed by atoms with Gasteiger partial charge in [-0.3, -0.25) is 0 Å². The van der Waals surface area contributed by atoms with Crippen molar-refractivity contribution < 1.29 is 13.9 Å². The molecule has 4 heteroatoms. The van der Waals surface area contributed by atoms with Crippen molar-refractivity contribution in [3.05, 3.63) is 71.3 Å². The Labute approximate surface area is 141 Å². The van der Waals surface area contributed by atoms with Gasteiger partial charge in [-0.2, -0.15) is 0 Å². The smallest absolute Gasteiger partial charge is 0.123 e. The summed E-state index contributed by atoms with van der Waals surface area (Å²) >= 11 is 0. The number of hydrogen-bond donors (Lipinski definition) is 1. The van der Waals surface area contributed by atoms with E-state index in [4.69, 9.17) is 0 Å². The number of likely N-dealkylation sites (tertiary alicyclic amines) is 1. The standard InChI is InChI=1S/C20H23F2NO/c1-2-23-12-11-20(17(13-23)14-24,15-3-7-18(21)8-4-15)16-5-9-19(22)10-6-16/h3-10,17,24H,2,11-14H2,1H3. The number of piperidine rings is 1. The highest BCUT2D eigenvalue weighted by Crippen LogP contribution is 2.45. The van der Waals surface area contributed by atoms with Crippen molar-refractivity contribution in [3.8, 4) is 0 Å². The summed E-state index contributed by atoms with van der Waals surface area (Å²) in [7, 11) is 0. The summed E-state index contributed by atoms with van der Waals surface area (Å²) in [5.74, 6) is -0.582. The molecule has 2 aromatic carbocycles. The molecular formula is C20H23F2NO. The minimum atomic E-state index is -0.429. The number of halogens is 2. The maximum Gasteiger partial charge on any atom is 0.123 e. The highest BCUT2D eigenvalue weighted by atomic mass is 19.1. The zero-order chi connectivity index (χ0) is 17.2. The van der Waals surface area contributed by atoms with Crippen LogP contribution in [0.25, 0.3) is 0 Å². The molecular weight excluding hydrogens is 308 g/mol. The van der Waals surface area contributed by atoms with Crippen LogP contribution >= 0.6 is 0 Å². The number of aliphatic hydroxyl groups is 1. The van der Waals surface area contributed by atoms with E-state index in [1.165, 1.54) is 24.3 Å². The zero-order valence-electron chi connectivity index (χ0n) is 13.9. The normalized spacial score (nSPS) is 20.9. The first-order valence-corrected chi connectivity index (χ1v) is 8.45. The van der Waals surface area contributed by atoms with Crippen molar-refractivity contribution in [2.75, 3.05) is 26.2 Å². The highest BCUT2D eigenvalue weighted by Gasteiger charge is 2.45. The average Bonchev–Trinajstić information content (AvgIpc) is 2.62. The van der Waals surface area contributed by atoms with Crippen LogP contribution in [-0.2, 0) is 5.41 Å². The molecule has 0 bridgehead atoms. The second kappa shape index (κ2) is 6.99. The fourth-order valence-corrected chi connectivity index (χ4v) is 4.02. The Morgan fingerprint density at radius 3 is 1.92 bits per heavy atom. The SMILES string of the molecule is CCN1CCC(c2ccc(F)cc2)(c2ccc(F)cc2)C(CO)C1. The fourth-order valence-electron chi connectivity index (χ4n) is 4.02. The molecule has 0 radical (unpaired) electrons. The summed E-state index contributed by atoms with van der Waals surface area (Å²) in [5, 5.41) is 10.1. The Morgan fingerprint density at radius 2 is 1.50 bits per heavy atom. The quantitative estimate of drug-likeness (QED) is 0.925. The van der Waals surface area contributed by atoms with Gasteiger partial charge in [-0.05, 0) is 54.9 Å². The molecule has 24 heavy (non-hydrogen) atoms. The fraction of sp³-hybridized carbons (Fsp3) is 0.400. The van der Waals surface area contributed by atoms with Crippen molar-refractivity contribution in [3.63, 3.8) is 0 Å². The molecule has 1 fully saturated rings.